The van der Waals surface area contributed by atoms with Crippen molar-refractivity contribution in [3.05, 3.63) is 58.7 Å². The van der Waals surface area contributed by atoms with E-state index in [2.05, 4.69) is 15.1 Å². The van der Waals surface area contributed by atoms with Crippen molar-refractivity contribution in [1.29, 1.82) is 0 Å². The number of piperazine rings is 1. The van der Waals surface area contributed by atoms with Crippen LogP contribution in [0.3, 0.4) is 0 Å². The zero-order valence-electron chi connectivity index (χ0n) is 30.8. The van der Waals surface area contributed by atoms with Gasteiger partial charge in [0.1, 0.15) is 5.75 Å². The van der Waals surface area contributed by atoms with Crippen molar-refractivity contribution in [1.82, 2.24) is 24.5 Å². The van der Waals surface area contributed by atoms with Gasteiger partial charge in [-0.15, -0.1) is 0 Å². The lowest BCUT2D eigenvalue weighted by atomic mass is 10.0. The second-order valence-corrected chi connectivity index (χ2v) is 14.6. The van der Waals surface area contributed by atoms with Crippen molar-refractivity contribution >= 4 is 29.7 Å². The molecule has 0 aliphatic carbocycles. The minimum Gasteiger partial charge on any atom is -0.507 e. The average molecular weight is 719 g/mol. The molecule has 4 heterocycles. The molecule has 4 aliphatic rings. The van der Waals surface area contributed by atoms with E-state index in [-0.39, 0.29) is 42.2 Å². The van der Waals surface area contributed by atoms with Crippen LogP contribution in [0.4, 0.5) is 15.3 Å². The highest BCUT2D eigenvalue weighted by Gasteiger charge is 2.38. The fourth-order valence-electron chi connectivity index (χ4n) is 8.13. The molecule has 4 aliphatic heterocycles. The van der Waals surface area contributed by atoms with Gasteiger partial charge in [0.05, 0.1) is 13.0 Å². The number of amides is 4. The number of benzene rings is 2. The summed E-state index contributed by atoms with van der Waals surface area (Å²) in [7, 11) is 0. The fourth-order valence-corrected chi connectivity index (χ4v) is 8.13. The molecule has 0 aromatic heterocycles. The highest BCUT2D eigenvalue weighted by atomic mass is 16.6. The van der Waals surface area contributed by atoms with Crippen molar-refractivity contribution in [2.75, 3.05) is 77.4 Å². The number of hydrogen-bond acceptors (Lipinski definition) is 9. The molecule has 0 bridgehead atoms. The van der Waals surface area contributed by atoms with Crippen LogP contribution < -0.4 is 5.32 Å². The lowest BCUT2D eigenvalue weighted by molar-refractivity contribution is -0.143. The molecule has 2 aromatic carbocycles. The Bertz CT molecular complexity index is 1580. The van der Waals surface area contributed by atoms with E-state index in [1.807, 2.05) is 67.0 Å². The number of urea groups is 1. The molecule has 0 radical (unpaired) electrons. The Balaban J connectivity index is 1.05. The van der Waals surface area contributed by atoms with Crippen LogP contribution in [0.25, 0.3) is 0 Å². The summed E-state index contributed by atoms with van der Waals surface area (Å²) in [4.78, 5) is 62.9. The van der Waals surface area contributed by atoms with Crippen molar-refractivity contribution < 1.29 is 33.8 Å². The van der Waals surface area contributed by atoms with E-state index in [1.165, 1.54) is 0 Å². The molecule has 1 unspecified atom stereocenters. The molecular formula is C39H54N6O7. The van der Waals surface area contributed by atoms with Crippen LogP contribution in [-0.4, -0.2) is 144 Å². The maximum Gasteiger partial charge on any atom is 0.410 e. The first-order valence-electron chi connectivity index (χ1n) is 18.9. The van der Waals surface area contributed by atoms with Crippen LogP contribution in [0.1, 0.15) is 54.9 Å². The Morgan fingerprint density at radius 3 is 2.29 bits per heavy atom. The van der Waals surface area contributed by atoms with Crippen LogP contribution in [0.15, 0.2) is 36.4 Å². The Morgan fingerprint density at radius 2 is 1.58 bits per heavy atom. The molecule has 6 rings (SSSR count). The fraction of sp³-hybridized carbons (Fsp3) is 0.590. The number of rotatable bonds is 10. The van der Waals surface area contributed by atoms with Crippen molar-refractivity contribution in [3.63, 3.8) is 0 Å². The van der Waals surface area contributed by atoms with E-state index in [4.69, 9.17) is 9.47 Å². The highest BCUT2D eigenvalue weighted by molar-refractivity contribution is 5.91. The van der Waals surface area contributed by atoms with Gasteiger partial charge >= 0.3 is 18.1 Å². The summed E-state index contributed by atoms with van der Waals surface area (Å²) in [5.74, 6) is -0.152. The number of carbonyl (C=O) groups is 4. The van der Waals surface area contributed by atoms with Crippen molar-refractivity contribution in [3.8, 4) is 5.75 Å². The lowest BCUT2D eigenvalue weighted by Crippen LogP contribution is -2.52. The number of aromatic hydroxyl groups is 1. The first-order chi connectivity index (χ1) is 25.1. The van der Waals surface area contributed by atoms with Gasteiger partial charge in [-0.3, -0.25) is 14.5 Å². The Kier molecular flexibility index (Phi) is 12.2. The number of aryl methyl sites for hydroxylation is 2. The predicted octanol–water partition coefficient (Wildman–Crippen LogP) is 3.78. The van der Waals surface area contributed by atoms with Gasteiger partial charge in [0.25, 0.3) is 5.91 Å². The number of ether oxygens (including phenoxy) is 2. The molecule has 2 atom stereocenters. The largest absolute Gasteiger partial charge is 0.507 e. The third kappa shape index (κ3) is 8.98. The third-order valence-electron chi connectivity index (χ3n) is 11.1. The molecule has 0 saturated carbocycles. The summed E-state index contributed by atoms with van der Waals surface area (Å²) >= 11 is 0. The van der Waals surface area contributed by atoms with Gasteiger partial charge in [-0.25, -0.2) is 9.59 Å². The quantitative estimate of drug-likeness (QED) is 0.352. The molecule has 3 fully saturated rings. The van der Waals surface area contributed by atoms with E-state index in [0.29, 0.717) is 76.3 Å². The molecule has 2 N–H and O–H groups in total. The van der Waals surface area contributed by atoms with Gasteiger partial charge < -0.3 is 39.5 Å². The number of likely N-dealkylation sites (tertiary alicyclic amines) is 2. The molecule has 52 heavy (non-hydrogen) atoms. The van der Waals surface area contributed by atoms with E-state index >= 15 is 0 Å². The monoisotopic (exact) mass is 718 g/mol. The van der Waals surface area contributed by atoms with E-state index in [1.54, 1.807) is 4.90 Å². The smallest absolute Gasteiger partial charge is 0.410 e. The number of anilines is 1. The summed E-state index contributed by atoms with van der Waals surface area (Å²) in [6.07, 6.45) is 1.92. The second kappa shape index (κ2) is 17.0. The molecular weight excluding hydrogens is 664 g/mol. The van der Waals surface area contributed by atoms with Gasteiger partial charge in [-0.05, 0) is 74.8 Å². The van der Waals surface area contributed by atoms with Crippen LogP contribution >= 0.6 is 0 Å². The van der Waals surface area contributed by atoms with Crippen LogP contribution in [0.5, 0.6) is 5.75 Å². The maximum absolute atomic E-state index is 14.2. The van der Waals surface area contributed by atoms with Gasteiger partial charge in [-0.2, -0.15) is 0 Å². The lowest BCUT2D eigenvalue weighted by Gasteiger charge is -2.38. The first kappa shape index (κ1) is 37.4. The van der Waals surface area contributed by atoms with E-state index < -0.39 is 12.2 Å². The summed E-state index contributed by atoms with van der Waals surface area (Å²) < 4.78 is 11.2. The number of carbonyl (C=O) groups excluding carboxylic acids is 4. The van der Waals surface area contributed by atoms with Gasteiger partial charge in [0.2, 0.25) is 0 Å². The van der Waals surface area contributed by atoms with Crippen LogP contribution in [-0.2, 0) is 31.9 Å². The summed E-state index contributed by atoms with van der Waals surface area (Å²) in [6.45, 7) is 12.6. The Labute approximate surface area is 306 Å². The minimum atomic E-state index is -1.01. The van der Waals surface area contributed by atoms with Gasteiger partial charge in [0, 0.05) is 89.6 Å². The average Bonchev–Trinajstić information content (AvgIpc) is 3.57. The molecule has 3 saturated heterocycles. The van der Waals surface area contributed by atoms with Gasteiger partial charge in [-0.1, -0.05) is 30.3 Å². The number of esters is 1. The summed E-state index contributed by atoms with van der Waals surface area (Å²) in [6, 6.07) is 11.7. The highest BCUT2D eigenvalue weighted by Crippen LogP contribution is 2.28. The summed E-state index contributed by atoms with van der Waals surface area (Å²) in [5, 5.41) is 13.4. The standard InChI is InChI=1S/C39H54N6O7/c1-4-51-35(46)13-14-41-19-21-42(22-20-41)32-12-17-44(26-32)37(48)34(25-29-23-27(2)36(47)28(3)24-29)52-39(50)43-15-10-31(11-16-43)45-18-9-30-7-5-6-8-33(30)40-38(45)49/h5-8,23-24,31-32,34,47H,4,9-22,25-26H2,1-3H3,(H,40,49)/t32?,34-/m1/s1. The number of phenols is 1. The van der Waals surface area contributed by atoms with Gasteiger partial charge in [0.15, 0.2) is 6.10 Å². The predicted molar refractivity (Wildman–Crippen MR) is 196 cm³/mol. The van der Waals surface area contributed by atoms with Crippen LogP contribution in [0, 0.1) is 13.8 Å². The molecule has 13 heteroatoms. The summed E-state index contributed by atoms with van der Waals surface area (Å²) in [5.41, 5.74) is 4.19. The first-order valence-corrected chi connectivity index (χ1v) is 18.9. The zero-order chi connectivity index (χ0) is 36.8. The Hall–Kier alpha value is -4.36. The third-order valence-corrected chi connectivity index (χ3v) is 11.1. The number of para-hydroxylation sites is 1. The number of piperidine rings is 1. The maximum atomic E-state index is 14.2. The molecule has 4 amide bonds. The normalized spacial score (nSPS) is 20.9. The van der Waals surface area contributed by atoms with Crippen molar-refractivity contribution in [2.45, 2.75) is 77.5 Å². The second-order valence-electron chi connectivity index (χ2n) is 14.6. The number of nitrogens with one attached hydrogen (secondary N) is 1. The van der Waals surface area contributed by atoms with Crippen molar-refractivity contribution in [2.24, 2.45) is 0 Å². The van der Waals surface area contributed by atoms with E-state index in [0.717, 1.165) is 55.8 Å². The number of phenolic OH excluding ortho intramolecular Hbond substituents is 1. The SMILES string of the molecule is CCOC(=O)CCN1CCN(C2CCN(C(=O)[C@@H](Cc3cc(C)c(O)c(C)c3)OC(=O)N3CCC(N4CCc5ccccc5NC4=O)CC3)C2)CC1. The number of fused-ring (bicyclic) bond motifs is 1. The zero-order valence-corrected chi connectivity index (χ0v) is 30.8. The Morgan fingerprint density at radius 1 is 0.904 bits per heavy atom. The van der Waals surface area contributed by atoms with Crippen LogP contribution in [0.2, 0.25) is 0 Å². The molecule has 2 aromatic rings. The molecule has 282 valence electrons. The number of nitrogens with zero attached hydrogens (tertiary/aromatic N) is 5. The minimum absolute atomic E-state index is 0.000274. The number of hydrogen-bond donors (Lipinski definition) is 2. The molecule has 13 nitrogen and oxygen atoms in total. The topological polar surface area (TPSA) is 135 Å². The van der Waals surface area contributed by atoms with E-state index in [9.17, 15) is 24.3 Å². The molecule has 0 spiro atoms.